The van der Waals surface area contributed by atoms with Crippen LogP contribution in [0.5, 0.6) is 5.75 Å². The van der Waals surface area contributed by atoms with Gasteiger partial charge in [0.25, 0.3) is 5.56 Å². The average molecular weight is 480 g/mol. The number of methoxy groups -OCH3 is 1. The van der Waals surface area contributed by atoms with E-state index in [1.165, 1.54) is 7.05 Å². The van der Waals surface area contributed by atoms with Crippen LogP contribution in [-0.2, 0) is 24.4 Å². The summed E-state index contributed by atoms with van der Waals surface area (Å²) in [5, 5.41) is 1.09. The van der Waals surface area contributed by atoms with Crippen LogP contribution in [0.1, 0.15) is 31.2 Å². The van der Waals surface area contributed by atoms with Gasteiger partial charge in [0.2, 0.25) is 0 Å². The molecular weight excluding hydrogens is 454 g/mol. The number of halogens is 1. The molecule has 0 bridgehead atoms. The second-order valence-electron chi connectivity index (χ2n) is 9.29. The Morgan fingerprint density at radius 2 is 1.76 bits per heavy atom. The molecule has 7 nitrogen and oxygen atoms in total. The molecule has 0 N–H and O–H groups in total. The fourth-order valence-electron chi connectivity index (χ4n) is 4.94. The van der Waals surface area contributed by atoms with Crippen molar-refractivity contribution in [3.05, 3.63) is 85.6 Å². The standard InChI is InChI=1S/C26H26ClN3O4/c1-26(2)14-34-23(16-7-6-8-18(13-16)33-5)22-21-19(24(31)29(4)25(32)28(21)3)20(30(22)26)15-9-11-17(27)12-10-15/h6-13,23H,14H2,1-5H3/t23-/m1/s1. The van der Waals surface area contributed by atoms with Gasteiger partial charge in [0.05, 0.1) is 41.5 Å². The van der Waals surface area contributed by atoms with E-state index in [0.29, 0.717) is 28.3 Å². The largest absolute Gasteiger partial charge is 0.497 e. The smallest absolute Gasteiger partial charge is 0.331 e. The van der Waals surface area contributed by atoms with Gasteiger partial charge in [0.15, 0.2) is 0 Å². The van der Waals surface area contributed by atoms with Gasteiger partial charge in [-0.1, -0.05) is 35.9 Å². The molecule has 0 radical (unpaired) electrons. The molecule has 0 fully saturated rings. The van der Waals surface area contributed by atoms with Crippen LogP contribution in [0, 0.1) is 0 Å². The van der Waals surface area contributed by atoms with E-state index in [4.69, 9.17) is 21.1 Å². The summed E-state index contributed by atoms with van der Waals surface area (Å²) in [6, 6.07) is 15.1. The molecule has 1 aliphatic rings. The van der Waals surface area contributed by atoms with Crippen molar-refractivity contribution in [1.29, 1.82) is 0 Å². The number of ether oxygens (including phenoxy) is 2. The minimum absolute atomic E-state index is 0.342. The normalized spacial score (nSPS) is 17.1. The molecular formula is C26H26ClN3O4. The van der Waals surface area contributed by atoms with Crippen LogP contribution < -0.4 is 16.0 Å². The molecule has 1 atom stereocenters. The Bertz CT molecular complexity index is 1540. The van der Waals surface area contributed by atoms with Gasteiger partial charge in [0.1, 0.15) is 11.9 Å². The Morgan fingerprint density at radius 1 is 1.06 bits per heavy atom. The number of nitrogens with zero attached hydrogens (tertiary/aromatic N) is 3. The molecule has 2 aromatic carbocycles. The van der Waals surface area contributed by atoms with Crippen LogP contribution in [0.25, 0.3) is 22.2 Å². The summed E-state index contributed by atoms with van der Waals surface area (Å²) in [5.74, 6) is 0.705. The zero-order valence-electron chi connectivity index (χ0n) is 19.8. The second kappa shape index (κ2) is 7.89. The van der Waals surface area contributed by atoms with Gasteiger partial charge in [-0.05, 0) is 49.2 Å². The van der Waals surface area contributed by atoms with Crippen molar-refractivity contribution >= 4 is 22.5 Å². The number of rotatable bonds is 3. The number of aromatic nitrogens is 3. The molecule has 8 heteroatoms. The number of hydrogen-bond donors (Lipinski definition) is 0. The highest BCUT2D eigenvalue weighted by molar-refractivity contribution is 6.30. The molecule has 0 aliphatic carbocycles. The molecule has 34 heavy (non-hydrogen) atoms. The van der Waals surface area contributed by atoms with E-state index in [9.17, 15) is 9.59 Å². The third kappa shape index (κ3) is 3.22. The molecule has 0 amide bonds. The summed E-state index contributed by atoms with van der Waals surface area (Å²) >= 11 is 6.18. The van der Waals surface area contributed by atoms with Crippen molar-refractivity contribution in [2.75, 3.05) is 13.7 Å². The summed E-state index contributed by atoms with van der Waals surface area (Å²) in [6.07, 6.45) is -0.496. The maximum atomic E-state index is 13.6. The van der Waals surface area contributed by atoms with Crippen LogP contribution in [0.3, 0.4) is 0 Å². The highest BCUT2D eigenvalue weighted by Crippen LogP contribution is 2.45. The van der Waals surface area contributed by atoms with Gasteiger partial charge < -0.3 is 14.0 Å². The molecule has 0 spiro atoms. The van der Waals surface area contributed by atoms with Gasteiger partial charge in [-0.25, -0.2) is 4.79 Å². The minimum atomic E-state index is -0.496. The van der Waals surface area contributed by atoms with Gasteiger partial charge in [-0.15, -0.1) is 0 Å². The van der Waals surface area contributed by atoms with Crippen LogP contribution in [0.15, 0.2) is 58.1 Å². The third-order valence-corrected chi connectivity index (χ3v) is 6.83. The predicted molar refractivity (Wildman–Crippen MR) is 133 cm³/mol. The topological polar surface area (TPSA) is 67.4 Å². The van der Waals surface area contributed by atoms with Crippen molar-refractivity contribution in [1.82, 2.24) is 13.7 Å². The first-order chi connectivity index (χ1) is 16.2. The quantitative estimate of drug-likeness (QED) is 0.441. The van der Waals surface area contributed by atoms with Crippen LogP contribution in [0.2, 0.25) is 5.02 Å². The maximum Gasteiger partial charge on any atom is 0.331 e. The van der Waals surface area contributed by atoms with Gasteiger partial charge >= 0.3 is 5.69 Å². The summed E-state index contributed by atoms with van der Waals surface area (Å²) < 4.78 is 16.7. The van der Waals surface area contributed by atoms with Crippen molar-refractivity contribution in [3.8, 4) is 17.0 Å². The number of fused-ring (bicyclic) bond motifs is 3. The number of hydrogen-bond acceptors (Lipinski definition) is 4. The Hall–Kier alpha value is -3.29. The molecule has 1 aliphatic heterocycles. The summed E-state index contributed by atoms with van der Waals surface area (Å²) in [5.41, 5.74) is 2.59. The first-order valence-electron chi connectivity index (χ1n) is 11.0. The number of benzene rings is 2. The maximum absolute atomic E-state index is 13.6. The molecule has 0 saturated carbocycles. The first-order valence-corrected chi connectivity index (χ1v) is 11.4. The van der Waals surface area contributed by atoms with E-state index < -0.39 is 11.6 Å². The Labute approximate surface area is 201 Å². The van der Waals surface area contributed by atoms with Crippen molar-refractivity contribution in [2.45, 2.75) is 25.5 Å². The van der Waals surface area contributed by atoms with Gasteiger partial charge in [-0.3, -0.25) is 13.9 Å². The second-order valence-corrected chi connectivity index (χ2v) is 9.72. The van der Waals surface area contributed by atoms with Crippen molar-refractivity contribution in [2.24, 2.45) is 14.1 Å². The van der Waals surface area contributed by atoms with Gasteiger partial charge in [0, 0.05) is 19.1 Å². The Kier molecular flexibility index (Phi) is 5.22. The van der Waals surface area contributed by atoms with Crippen molar-refractivity contribution in [3.63, 3.8) is 0 Å². The molecule has 0 saturated heterocycles. The summed E-state index contributed by atoms with van der Waals surface area (Å²) in [7, 11) is 4.82. The molecule has 5 rings (SSSR count). The molecule has 4 aromatic rings. The lowest BCUT2D eigenvalue weighted by Gasteiger charge is -2.39. The van der Waals surface area contributed by atoms with E-state index in [-0.39, 0.29) is 11.2 Å². The Morgan fingerprint density at radius 3 is 2.44 bits per heavy atom. The predicted octanol–water partition coefficient (Wildman–Crippen LogP) is 4.22. The zero-order chi connectivity index (χ0) is 24.4. The molecule has 2 aromatic heterocycles. The summed E-state index contributed by atoms with van der Waals surface area (Å²) in [4.78, 5) is 26.6. The third-order valence-electron chi connectivity index (χ3n) is 6.58. The summed E-state index contributed by atoms with van der Waals surface area (Å²) in [6.45, 7) is 4.55. The van der Waals surface area contributed by atoms with Gasteiger partial charge in [-0.2, -0.15) is 0 Å². The van der Waals surface area contributed by atoms with Crippen molar-refractivity contribution < 1.29 is 9.47 Å². The lowest BCUT2D eigenvalue weighted by atomic mass is 9.98. The average Bonchev–Trinajstić information content (AvgIpc) is 3.19. The minimum Gasteiger partial charge on any atom is -0.497 e. The lowest BCUT2D eigenvalue weighted by Crippen LogP contribution is -2.40. The molecule has 0 unspecified atom stereocenters. The molecule has 3 heterocycles. The fraction of sp³-hybridized carbons (Fsp3) is 0.308. The first kappa shape index (κ1) is 22.5. The van der Waals surface area contributed by atoms with E-state index in [1.807, 2.05) is 36.4 Å². The SMILES string of the molecule is COc1cccc([C@H]2OCC(C)(C)n3c(-c4ccc(Cl)cc4)c4c(=O)n(C)c(=O)n(C)c4c32)c1. The van der Waals surface area contributed by atoms with Crippen LogP contribution in [0.4, 0.5) is 0 Å². The highest BCUT2D eigenvalue weighted by atomic mass is 35.5. The van der Waals surface area contributed by atoms with E-state index in [0.717, 1.165) is 27.1 Å². The highest BCUT2D eigenvalue weighted by Gasteiger charge is 2.40. The van der Waals surface area contributed by atoms with E-state index >= 15 is 0 Å². The Balaban J connectivity index is 1.99. The zero-order valence-corrected chi connectivity index (χ0v) is 20.5. The molecule has 176 valence electrons. The van der Waals surface area contributed by atoms with Crippen LogP contribution in [-0.4, -0.2) is 27.4 Å². The van der Waals surface area contributed by atoms with E-state index in [1.54, 1.807) is 30.9 Å². The fourth-order valence-corrected chi connectivity index (χ4v) is 5.06. The monoisotopic (exact) mass is 479 g/mol. The number of aryl methyl sites for hydroxylation is 1. The lowest BCUT2D eigenvalue weighted by molar-refractivity contribution is -0.00714. The van der Waals surface area contributed by atoms with E-state index in [2.05, 4.69) is 18.4 Å². The van der Waals surface area contributed by atoms with Crippen LogP contribution >= 0.6 is 11.6 Å².